The summed E-state index contributed by atoms with van der Waals surface area (Å²) in [5, 5.41) is 19.2. The predicted octanol–water partition coefficient (Wildman–Crippen LogP) is 6.07. The minimum atomic E-state index is 0.237. The average molecular weight is 428 g/mol. The smallest absolute Gasteiger partial charge is 0.226 e. The average Bonchev–Trinajstić information content (AvgIpc) is 2.77. The third kappa shape index (κ3) is 8.13. The van der Waals surface area contributed by atoms with Gasteiger partial charge in [-0.05, 0) is 52.2 Å². The van der Waals surface area contributed by atoms with Crippen molar-refractivity contribution < 1.29 is 4.74 Å². The Balaban J connectivity index is 2.44. The van der Waals surface area contributed by atoms with E-state index in [1.165, 1.54) is 5.56 Å². The summed E-state index contributed by atoms with van der Waals surface area (Å²) >= 11 is 0. The topological polar surface area (TPSA) is 95.8 Å². The zero-order valence-electron chi connectivity index (χ0n) is 19.7. The molecule has 1 aromatic carbocycles. The molecule has 0 saturated carbocycles. The van der Waals surface area contributed by atoms with Crippen molar-refractivity contribution in [2.24, 2.45) is 10.2 Å². The van der Waals surface area contributed by atoms with E-state index < -0.39 is 0 Å². The zero-order valence-corrected chi connectivity index (χ0v) is 19.7. The second kappa shape index (κ2) is 12.8. The van der Waals surface area contributed by atoms with E-state index in [-0.39, 0.29) is 12.1 Å². The highest BCUT2D eigenvalue weighted by Crippen LogP contribution is 2.34. The molecule has 2 aromatic rings. The Bertz CT molecular complexity index is 823. The quantitative estimate of drug-likeness (QED) is 0.265. The van der Waals surface area contributed by atoms with Crippen LogP contribution in [0.5, 0.6) is 0 Å². The molecule has 0 saturated heterocycles. The first-order valence-corrected chi connectivity index (χ1v) is 11.1. The number of aryl methyl sites for hydroxylation is 1. The van der Waals surface area contributed by atoms with E-state index in [1.807, 2.05) is 31.2 Å². The van der Waals surface area contributed by atoms with Crippen LogP contribution in [0.1, 0.15) is 52.5 Å². The Morgan fingerprint density at radius 3 is 2.23 bits per heavy atom. The van der Waals surface area contributed by atoms with Crippen LogP contribution in [0, 0.1) is 6.92 Å². The third-order valence-electron chi connectivity index (χ3n) is 4.98. The fraction of sp³-hybridized carbons (Fsp3) is 0.565. The molecule has 0 fully saturated rings. The van der Waals surface area contributed by atoms with Crippen LogP contribution in [0.2, 0.25) is 0 Å². The maximum atomic E-state index is 5.17. The first-order valence-electron chi connectivity index (χ1n) is 11.1. The van der Waals surface area contributed by atoms with E-state index in [4.69, 9.17) is 14.7 Å². The Hall–Kier alpha value is -2.74. The number of azo groups is 1. The van der Waals surface area contributed by atoms with Crippen LogP contribution in [0.4, 0.5) is 29.0 Å². The SMILES string of the molecule is CCC(C)Nc1nc(NCCCOC)c(N=Nc2ccc(C)cc2)c(NC(C)CC)n1. The van der Waals surface area contributed by atoms with Crippen LogP contribution in [0.15, 0.2) is 34.5 Å². The minimum absolute atomic E-state index is 0.237. The molecule has 2 atom stereocenters. The standard InChI is InChI=1S/C23H37N7O/c1-7-17(4)25-22-20(30-29-19-12-10-16(3)11-13-19)21(24-14-9-15-31-6)27-23(28-22)26-18(5)8-2/h10-13,17-18H,7-9,14-15H2,1-6H3,(H3,24,25,26,27,28). The number of nitrogens with one attached hydrogen (secondary N) is 3. The summed E-state index contributed by atoms with van der Waals surface area (Å²) in [4.78, 5) is 9.44. The van der Waals surface area contributed by atoms with Crippen LogP contribution < -0.4 is 16.0 Å². The number of benzene rings is 1. The molecule has 2 unspecified atom stereocenters. The van der Waals surface area contributed by atoms with Gasteiger partial charge in [0, 0.05) is 32.3 Å². The minimum Gasteiger partial charge on any atom is -0.385 e. The van der Waals surface area contributed by atoms with Crippen LogP contribution in [0.3, 0.4) is 0 Å². The van der Waals surface area contributed by atoms with Crippen molar-refractivity contribution in [1.29, 1.82) is 0 Å². The molecule has 0 spiro atoms. The lowest BCUT2D eigenvalue weighted by Gasteiger charge is -2.19. The first kappa shape index (κ1) is 24.5. The molecule has 0 bridgehead atoms. The second-order valence-corrected chi connectivity index (χ2v) is 7.81. The molecule has 0 aliphatic rings. The normalized spacial score (nSPS) is 13.2. The van der Waals surface area contributed by atoms with E-state index in [0.717, 1.165) is 24.9 Å². The largest absolute Gasteiger partial charge is 0.385 e. The molecule has 3 N–H and O–H groups in total. The van der Waals surface area contributed by atoms with E-state index >= 15 is 0 Å². The van der Waals surface area contributed by atoms with Gasteiger partial charge in [-0.25, -0.2) is 0 Å². The van der Waals surface area contributed by atoms with Gasteiger partial charge in [0.25, 0.3) is 0 Å². The molecule has 0 radical (unpaired) electrons. The Kier molecular flexibility index (Phi) is 10.2. The number of ether oxygens (including phenoxy) is 1. The summed E-state index contributed by atoms with van der Waals surface area (Å²) in [6.07, 6.45) is 2.80. The van der Waals surface area contributed by atoms with Gasteiger partial charge in [-0.1, -0.05) is 31.5 Å². The number of rotatable bonds is 13. The zero-order chi connectivity index (χ0) is 22.6. The van der Waals surface area contributed by atoms with Crippen molar-refractivity contribution in [3.05, 3.63) is 29.8 Å². The number of methoxy groups -OCH3 is 1. The monoisotopic (exact) mass is 427 g/mol. The summed E-state index contributed by atoms with van der Waals surface area (Å²) in [7, 11) is 1.70. The van der Waals surface area contributed by atoms with Crippen molar-refractivity contribution in [2.75, 3.05) is 36.2 Å². The van der Waals surface area contributed by atoms with Gasteiger partial charge in [-0.3, -0.25) is 0 Å². The second-order valence-electron chi connectivity index (χ2n) is 7.81. The highest BCUT2D eigenvalue weighted by atomic mass is 16.5. The lowest BCUT2D eigenvalue weighted by atomic mass is 10.2. The van der Waals surface area contributed by atoms with Crippen molar-refractivity contribution in [2.45, 2.75) is 66.0 Å². The fourth-order valence-electron chi connectivity index (χ4n) is 2.64. The molecule has 1 aromatic heterocycles. The summed E-state index contributed by atoms with van der Waals surface area (Å²) in [6, 6.07) is 8.44. The lowest BCUT2D eigenvalue weighted by molar-refractivity contribution is 0.198. The number of hydrogen-bond acceptors (Lipinski definition) is 8. The van der Waals surface area contributed by atoms with Gasteiger partial charge in [0.1, 0.15) is 0 Å². The summed E-state index contributed by atoms with van der Waals surface area (Å²) in [6.45, 7) is 11.9. The van der Waals surface area contributed by atoms with Gasteiger partial charge in [0.05, 0.1) is 5.69 Å². The van der Waals surface area contributed by atoms with Crippen molar-refractivity contribution in [3.8, 4) is 0 Å². The van der Waals surface area contributed by atoms with Crippen molar-refractivity contribution in [1.82, 2.24) is 9.97 Å². The van der Waals surface area contributed by atoms with Gasteiger partial charge in [-0.15, -0.1) is 5.11 Å². The number of hydrogen-bond donors (Lipinski definition) is 3. The number of nitrogens with zero attached hydrogens (tertiary/aromatic N) is 4. The van der Waals surface area contributed by atoms with E-state index in [0.29, 0.717) is 36.4 Å². The fourth-order valence-corrected chi connectivity index (χ4v) is 2.64. The Labute approximate surface area is 186 Å². The summed E-state index contributed by atoms with van der Waals surface area (Å²) < 4.78 is 5.17. The molecule has 8 nitrogen and oxygen atoms in total. The molecule has 1 heterocycles. The summed E-state index contributed by atoms with van der Waals surface area (Å²) in [5.41, 5.74) is 2.57. The van der Waals surface area contributed by atoms with Gasteiger partial charge < -0.3 is 20.7 Å². The molecule has 170 valence electrons. The van der Waals surface area contributed by atoms with Crippen LogP contribution in [0.25, 0.3) is 0 Å². The maximum Gasteiger partial charge on any atom is 0.226 e. The lowest BCUT2D eigenvalue weighted by Crippen LogP contribution is -2.20. The molecular weight excluding hydrogens is 390 g/mol. The van der Waals surface area contributed by atoms with Crippen molar-refractivity contribution >= 4 is 29.0 Å². The van der Waals surface area contributed by atoms with Gasteiger partial charge >= 0.3 is 0 Å². The molecule has 0 aliphatic carbocycles. The third-order valence-corrected chi connectivity index (χ3v) is 4.98. The van der Waals surface area contributed by atoms with Gasteiger partial charge in [-0.2, -0.15) is 15.1 Å². The number of anilines is 3. The van der Waals surface area contributed by atoms with E-state index in [9.17, 15) is 0 Å². The van der Waals surface area contributed by atoms with Crippen LogP contribution >= 0.6 is 0 Å². The van der Waals surface area contributed by atoms with Crippen LogP contribution in [-0.4, -0.2) is 42.3 Å². The maximum absolute atomic E-state index is 5.17. The van der Waals surface area contributed by atoms with Gasteiger partial charge in [0.15, 0.2) is 17.3 Å². The van der Waals surface area contributed by atoms with E-state index in [1.54, 1.807) is 7.11 Å². The Morgan fingerprint density at radius 1 is 0.935 bits per heavy atom. The number of aromatic nitrogens is 2. The highest BCUT2D eigenvalue weighted by Gasteiger charge is 2.17. The first-order chi connectivity index (χ1) is 15.0. The molecular formula is C23H37N7O. The molecule has 0 amide bonds. The van der Waals surface area contributed by atoms with Crippen LogP contribution in [-0.2, 0) is 4.74 Å². The molecule has 31 heavy (non-hydrogen) atoms. The van der Waals surface area contributed by atoms with Gasteiger partial charge in [0.2, 0.25) is 5.95 Å². The molecule has 2 rings (SSSR count). The summed E-state index contributed by atoms with van der Waals surface area (Å²) in [5.74, 6) is 1.89. The molecule has 8 heteroatoms. The molecule has 0 aliphatic heterocycles. The highest BCUT2D eigenvalue weighted by molar-refractivity contribution is 5.75. The van der Waals surface area contributed by atoms with E-state index in [2.05, 4.69) is 53.9 Å². The predicted molar refractivity (Wildman–Crippen MR) is 129 cm³/mol. The van der Waals surface area contributed by atoms with Crippen molar-refractivity contribution in [3.63, 3.8) is 0 Å². The Morgan fingerprint density at radius 2 is 1.58 bits per heavy atom.